The first-order valence-electron chi connectivity index (χ1n) is 9.14. The van der Waals surface area contributed by atoms with E-state index in [9.17, 15) is 0 Å². The fourth-order valence-corrected chi connectivity index (χ4v) is 3.59. The van der Waals surface area contributed by atoms with E-state index >= 15 is 0 Å². The van der Waals surface area contributed by atoms with Crippen molar-refractivity contribution in [3.05, 3.63) is 92.9 Å². The highest BCUT2D eigenvalue weighted by molar-refractivity contribution is 9.10. The van der Waals surface area contributed by atoms with Crippen molar-refractivity contribution in [2.45, 2.75) is 19.6 Å². The van der Waals surface area contributed by atoms with Gasteiger partial charge in [0.25, 0.3) is 0 Å². The highest BCUT2D eigenvalue weighted by Crippen LogP contribution is 2.37. The molecule has 0 unspecified atom stereocenters. The smallest absolute Gasteiger partial charge is 0.175 e. The van der Waals surface area contributed by atoms with Gasteiger partial charge in [0.2, 0.25) is 0 Å². The Morgan fingerprint density at radius 3 is 2.39 bits per heavy atom. The molecule has 0 aliphatic heterocycles. The third kappa shape index (κ3) is 5.99. The molecule has 0 saturated carbocycles. The number of rotatable bonds is 9. The fraction of sp³-hybridized carbons (Fsp3) is 0.217. The largest absolute Gasteiger partial charge is 0.493 e. The summed E-state index contributed by atoms with van der Waals surface area (Å²) in [5.74, 6) is 1.44. The number of benzene rings is 3. The van der Waals surface area contributed by atoms with Crippen molar-refractivity contribution in [2.75, 3.05) is 13.7 Å². The van der Waals surface area contributed by atoms with Crippen LogP contribution in [0.2, 0.25) is 5.02 Å². The average Bonchev–Trinajstić information content (AvgIpc) is 2.72. The van der Waals surface area contributed by atoms with Gasteiger partial charge in [-0.05, 0) is 69.9 Å². The fourth-order valence-electron chi connectivity index (χ4n) is 2.86. The molecule has 3 nitrogen and oxygen atoms in total. The molecule has 0 aromatic heterocycles. The number of halogens is 2. The minimum Gasteiger partial charge on any atom is -0.493 e. The topological polar surface area (TPSA) is 30.5 Å². The molecule has 3 aromatic carbocycles. The molecule has 0 radical (unpaired) electrons. The molecule has 0 aliphatic rings. The summed E-state index contributed by atoms with van der Waals surface area (Å²) in [6.07, 6.45) is 0.952. The minimum absolute atomic E-state index is 0.495. The summed E-state index contributed by atoms with van der Waals surface area (Å²) in [5.41, 5.74) is 3.51. The predicted octanol–water partition coefficient (Wildman–Crippen LogP) is 6.02. The molecular weight excluding hydrogens is 438 g/mol. The minimum atomic E-state index is 0.495. The summed E-state index contributed by atoms with van der Waals surface area (Å²) >= 11 is 9.54. The molecule has 5 heteroatoms. The van der Waals surface area contributed by atoms with Gasteiger partial charge in [-0.1, -0.05) is 54.1 Å². The van der Waals surface area contributed by atoms with Crippen LogP contribution in [0, 0.1) is 0 Å². The lowest BCUT2D eigenvalue weighted by molar-refractivity contribution is 0.282. The van der Waals surface area contributed by atoms with Crippen LogP contribution in [0.5, 0.6) is 11.5 Å². The van der Waals surface area contributed by atoms with E-state index in [1.54, 1.807) is 7.11 Å². The molecule has 0 heterocycles. The Kier molecular flexibility index (Phi) is 7.78. The van der Waals surface area contributed by atoms with Crippen molar-refractivity contribution in [1.29, 1.82) is 0 Å². The number of nitrogens with one attached hydrogen (secondary N) is 1. The second kappa shape index (κ2) is 10.5. The molecule has 0 bridgehead atoms. The van der Waals surface area contributed by atoms with Crippen molar-refractivity contribution < 1.29 is 9.47 Å². The Morgan fingerprint density at radius 1 is 0.929 bits per heavy atom. The van der Waals surface area contributed by atoms with Crippen molar-refractivity contribution in [2.24, 2.45) is 0 Å². The van der Waals surface area contributed by atoms with Crippen molar-refractivity contribution in [3.8, 4) is 11.5 Å². The van der Waals surface area contributed by atoms with Crippen LogP contribution in [-0.2, 0) is 19.6 Å². The molecule has 28 heavy (non-hydrogen) atoms. The first-order chi connectivity index (χ1) is 13.7. The Balaban J connectivity index is 1.56. The van der Waals surface area contributed by atoms with Crippen LogP contribution in [0.3, 0.4) is 0 Å². The van der Waals surface area contributed by atoms with Crippen molar-refractivity contribution in [1.82, 2.24) is 5.32 Å². The molecule has 0 spiro atoms. The van der Waals surface area contributed by atoms with Gasteiger partial charge in [-0.25, -0.2) is 0 Å². The predicted molar refractivity (Wildman–Crippen MR) is 118 cm³/mol. The van der Waals surface area contributed by atoms with E-state index in [4.69, 9.17) is 21.1 Å². The SMILES string of the molecule is COc1cc(CNCCc2ccc(Cl)cc2)cc(Br)c1OCc1ccccc1. The van der Waals surface area contributed by atoms with Crippen LogP contribution in [0.1, 0.15) is 16.7 Å². The van der Waals surface area contributed by atoms with E-state index in [0.717, 1.165) is 51.6 Å². The molecule has 0 atom stereocenters. The van der Waals surface area contributed by atoms with Gasteiger partial charge in [-0.2, -0.15) is 0 Å². The van der Waals surface area contributed by atoms with Crippen LogP contribution in [-0.4, -0.2) is 13.7 Å². The molecule has 1 N–H and O–H groups in total. The number of ether oxygens (including phenoxy) is 2. The second-order valence-corrected chi connectivity index (χ2v) is 7.73. The summed E-state index contributed by atoms with van der Waals surface area (Å²) in [6.45, 7) is 2.13. The summed E-state index contributed by atoms with van der Waals surface area (Å²) in [5, 5.41) is 4.24. The monoisotopic (exact) mass is 459 g/mol. The maximum absolute atomic E-state index is 5.99. The lowest BCUT2D eigenvalue weighted by atomic mass is 10.1. The van der Waals surface area contributed by atoms with E-state index in [2.05, 4.69) is 39.4 Å². The van der Waals surface area contributed by atoms with Gasteiger partial charge in [0.15, 0.2) is 11.5 Å². The van der Waals surface area contributed by atoms with Crippen LogP contribution in [0.25, 0.3) is 0 Å². The van der Waals surface area contributed by atoms with Gasteiger partial charge in [-0.3, -0.25) is 0 Å². The van der Waals surface area contributed by atoms with Gasteiger partial charge in [0.1, 0.15) is 6.61 Å². The zero-order valence-corrected chi connectivity index (χ0v) is 18.1. The molecule has 3 aromatic rings. The summed E-state index contributed by atoms with van der Waals surface area (Å²) in [7, 11) is 1.66. The molecule has 0 fully saturated rings. The van der Waals surface area contributed by atoms with Gasteiger partial charge in [0.05, 0.1) is 11.6 Å². The Labute approximate surface area is 179 Å². The third-order valence-corrected chi connectivity index (χ3v) is 5.19. The lowest BCUT2D eigenvalue weighted by Gasteiger charge is -2.15. The summed E-state index contributed by atoms with van der Waals surface area (Å²) in [6, 6.07) is 22.1. The molecule has 0 aliphatic carbocycles. The maximum atomic E-state index is 5.99. The summed E-state index contributed by atoms with van der Waals surface area (Å²) in [4.78, 5) is 0. The Bertz CT molecular complexity index is 885. The van der Waals surface area contributed by atoms with E-state index in [1.165, 1.54) is 5.56 Å². The third-order valence-electron chi connectivity index (χ3n) is 4.35. The number of hydrogen-bond acceptors (Lipinski definition) is 3. The van der Waals surface area contributed by atoms with Gasteiger partial charge >= 0.3 is 0 Å². The van der Waals surface area contributed by atoms with Crippen LogP contribution >= 0.6 is 27.5 Å². The highest BCUT2D eigenvalue weighted by atomic mass is 79.9. The number of hydrogen-bond donors (Lipinski definition) is 1. The molecule has 3 rings (SSSR count). The van der Waals surface area contributed by atoms with Crippen LogP contribution in [0.4, 0.5) is 0 Å². The normalized spacial score (nSPS) is 10.7. The van der Waals surface area contributed by atoms with Gasteiger partial charge in [-0.15, -0.1) is 0 Å². The first-order valence-corrected chi connectivity index (χ1v) is 10.3. The van der Waals surface area contributed by atoms with E-state index in [1.807, 2.05) is 48.5 Å². The molecular formula is C23H23BrClNO2. The zero-order valence-electron chi connectivity index (χ0n) is 15.8. The lowest BCUT2D eigenvalue weighted by Crippen LogP contribution is -2.16. The van der Waals surface area contributed by atoms with E-state index in [0.29, 0.717) is 6.61 Å². The standard InChI is InChI=1S/C23H23BrClNO2/c1-27-22-14-19(15-26-12-11-17-7-9-20(25)10-8-17)13-21(24)23(22)28-16-18-5-3-2-4-6-18/h2-10,13-14,26H,11-12,15-16H2,1H3. The maximum Gasteiger partial charge on any atom is 0.175 e. The second-order valence-electron chi connectivity index (χ2n) is 6.44. The molecule has 146 valence electrons. The molecule has 0 amide bonds. The summed E-state index contributed by atoms with van der Waals surface area (Å²) < 4.78 is 12.4. The Morgan fingerprint density at radius 2 is 1.68 bits per heavy atom. The van der Waals surface area contributed by atoms with Gasteiger partial charge in [0, 0.05) is 11.6 Å². The highest BCUT2D eigenvalue weighted by Gasteiger charge is 2.12. The average molecular weight is 461 g/mol. The molecule has 0 saturated heterocycles. The Hall–Kier alpha value is -2.01. The van der Waals surface area contributed by atoms with Crippen LogP contribution in [0.15, 0.2) is 71.2 Å². The van der Waals surface area contributed by atoms with Crippen molar-refractivity contribution >= 4 is 27.5 Å². The van der Waals surface area contributed by atoms with Crippen molar-refractivity contribution in [3.63, 3.8) is 0 Å². The van der Waals surface area contributed by atoms with E-state index in [-0.39, 0.29) is 0 Å². The quantitative estimate of drug-likeness (QED) is 0.396. The van der Waals surface area contributed by atoms with Crippen LogP contribution < -0.4 is 14.8 Å². The number of methoxy groups -OCH3 is 1. The van der Waals surface area contributed by atoms with E-state index < -0.39 is 0 Å². The van der Waals surface area contributed by atoms with Gasteiger partial charge < -0.3 is 14.8 Å². The zero-order chi connectivity index (χ0) is 19.8. The first kappa shape index (κ1) is 20.7.